The molecule has 6 heteroatoms. The van der Waals surface area contributed by atoms with Gasteiger partial charge < -0.3 is 4.74 Å². The Kier molecular flexibility index (Phi) is 6.20. The lowest BCUT2D eigenvalue weighted by atomic mass is 9.96. The first kappa shape index (κ1) is 20.6. The molecular formula is C22H27NO4S. The van der Waals surface area contributed by atoms with Gasteiger partial charge >= 0.3 is 5.97 Å². The highest BCUT2D eigenvalue weighted by Crippen LogP contribution is 2.27. The van der Waals surface area contributed by atoms with Gasteiger partial charge in [-0.2, -0.15) is 4.31 Å². The van der Waals surface area contributed by atoms with Crippen molar-refractivity contribution in [2.45, 2.75) is 56.9 Å². The van der Waals surface area contributed by atoms with Crippen molar-refractivity contribution in [1.82, 2.24) is 4.31 Å². The molecule has 150 valence electrons. The predicted octanol–water partition coefficient (Wildman–Crippen LogP) is 4.48. The van der Waals surface area contributed by atoms with Gasteiger partial charge in [-0.1, -0.05) is 43.5 Å². The Balaban J connectivity index is 1.84. The highest BCUT2D eigenvalue weighted by Gasteiger charge is 2.29. The maximum absolute atomic E-state index is 13.0. The van der Waals surface area contributed by atoms with Crippen molar-refractivity contribution < 1.29 is 17.9 Å². The number of rotatable bonds is 5. The van der Waals surface area contributed by atoms with Gasteiger partial charge in [-0.15, -0.1) is 0 Å². The number of nitrogens with zero attached hydrogens (tertiary/aromatic N) is 1. The second kappa shape index (κ2) is 8.45. The van der Waals surface area contributed by atoms with E-state index in [4.69, 9.17) is 4.74 Å². The standard InChI is InChI=1S/C22H27NO4S/c1-16-9-7-10-17(2)21(16)27-22(24)18-11-8-14-20(15-18)28(25,26)23(3)19-12-5-4-6-13-19/h7-11,14-15,19H,4-6,12-13H2,1-3H3. The van der Waals surface area contributed by atoms with Crippen molar-refractivity contribution in [3.63, 3.8) is 0 Å². The number of ether oxygens (including phenoxy) is 1. The lowest BCUT2D eigenvalue weighted by molar-refractivity contribution is 0.0732. The Morgan fingerprint density at radius 3 is 2.25 bits per heavy atom. The SMILES string of the molecule is Cc1cccc(C)c1OC(=O)c1cccc(S(=O)(=O)N(C)C2CCCCC2)c1. The molecule has 0 spiro atoms. The zero-order chi connectivity index (χ0) is 20.3. The van der Waals surface area contributed by atoms with Crippen LogP contribution in [0.4, 0.5) is 0 Å². The average Bonchev–Trinajstić information content (AvgIpc) is 2.71. The molecule has 0 saturated heterocycles. The minimum absolute atomic E-state index is 0.0176. The van der Waals surface area contributed by atoms with Crippen LogP contribution in [0.25, 0.3) is 0 Å². The van der Waals surface area contributed by atoms with Crippen LogP contribution in [0.2, 0.25) is 0 Å². The Hall–Kier alpha value is -2.18. The zero-order valence-electron chi connectivity index (χ0n) is 16.6. The molecule has 0 aliphatic heterocycles. The molecule has 1 fully saturated rings. The molecule has 3 rings (SSSR count). The van der Waals surface area contributed by atoms with Crippen LogP contribution in [-0.2, 0) is 10.0 Å². The monoisotopic (exact) mass is 401 g/mol. The van der Waals surface area contributed by atoms with Crippen molar-refractivity contribution >= 4 is 16.0 Å². The summed E-state index contributed by atoms with van der Waals surface area (Å²) in [7, 11) is -2.03. The van der Waals surface area contributed by atoms with Crippen molar-refractivity contribution in [3.8, 4) is 5.75 Å². The maximum Gasteiger partial charge on any atom is 0.343 e. The number of carbonyl (C=O) groups is 1. The van der Waals surface area contributed by atoms with Crippen LogP contribution in [0.15, 0.2) is 47.4 Å². The van der Waals surface area contributed by atoms with E-state index in [1.54, 1.807) is 19.2 Å². The van der Waals surface area contributed by atoms with Crippen LogP contribution in [0.3, 0.4) is 0 Å². The molecule has 0 radical (unpaired) electrons. The molecule has 2 aromatic carbocycles. The molecule has 2 aromatic rings. The summed E-state index contributed by atoms with van der Waals surface area (Å²) in [5.41, 5.74) is 1.93. The van der Waals surface area contributed by atoms with Crippen LogP contribution in [0.5, 0.6) is 5.75 Å². The molecule has 28 heavy (non-hydrogen) atoms. The maximum atomic E-state index is 13.0. The molecule has 1 saturated carbocycles. The lowest BCUT2D eigenvalue weighted by Gasteiger charge is -2.30. The minimum Gasteiger partial charge on any atom is -0.422 e. The molecule has 5 nitrogen and oxygen atoms in total. The van der Waals surface area contributed by atoms with E-state index >= 15 is 0 Å². The Bertz CT molecular complexity index is 942. The van der Waals surface area contributed by atoms with Gasteiger partial charge in [0.1, 0.15) is 5.75 Å². The molecule has 0 amide bonds. The van der Waals surface area contributed by atoms with E-state index in [0.29, 0.717) is 5.75 Å². The van der Waals surface area contributed by atoms with Crippen LogP contribution < -0.4 is 4.74 Å². The first-order valence-corrected chi connectivity index (χ1v) is 11.1. The van der Waals surface area contributed by atoms with Crippen molar-refractivity contribution in [2.75, 3.05) is 7.05 Å². The summed E-state index contributed by atoms with van der Waals surface area (Å²) in [5, 5.41) is 0. The highest BCUT2D eigenvalue weighted by atomic mass is 32.2. The smallest absolute Gasteiger partial charge is 0.343 e. The fraction of sp³-hybridized carbons (Fsp3) is 0.409. The Labute approximate surface area is 167 Å². The fourth-order valence-corrected chi connectivity index (χ4v) is 5.16. The number of hydrogen-bond acceptors (Lipinski definition) is 4. The van der Waals surface area contributed by atoms with E-state index in [-0.39, 0.29) is 16.5 Å². The third-order valence-corrected chi connectivity index (χ3v) is 7.35. The largest absolute Gasteiger partial charge is 0.422 e. The van der Waals surface area contributed by atoms with Crippen LogP contribution in [0.1, 0.15) is 53.6 Å². The topological polar surface area (TPSA) is 63.7 Å². The summed E-state index contributed by atoms with van der Waals surface area (Å²) in [6, 6.07) is 11.8. The number of benzene rings is 2. The third-order valence-electron chi connectivity index (χ3n) is 5.44. The van der Waals surface area contributed by atoms with Crippen molar-refractivity contribution in [1.29, 1.82) is 0 Å². The van der Waals surface area contributed by atoms with E-state index in [1.807, 2.05) is 32.0 Å². The molecule has 0 aromatic heterocycles. The van der Waals surface area contributed by atoms with Gasteiger partial charge in [0.25, 0.3) is 0 Å². The molecule has 1 aliphatic carbocycles. The fourth-order valence-electron chi connectivity index (χ4n) is 3.70. The van der Waals surface area contributed by atoms with E-state index in [1.165, 1.54) is 16.4 Å². The summed E-state index contributed by atoms with van der Waals surface area (Å²) in [6.45, 7) is 3.74. The van der Waals surface area contributed by atoms with Gasteiger partial charge in [0, 0.05) is 13.1 Å². The van der Waals surface area contributed by atoms with Crippen LogP contribution in [0, 0.1) is 13.8 Å². The van der Waals surface area contributed by atoms with E-state index in [0.717, 1.165) is 43.2 Å². The number of para-hydroxylation sites is 1. The first-order valence-electron chi connectivity index (χ1n) is 9.67. The Morgan fingerprint density at radius 1 is 1.00 bits per heavy atom. The number of carbonyl (C=O) groups excluding carboxylic acids is 1. The number of hydrogen-bond donors (Lipinski definition) is 0. The van der Waals surface area contributed by atoms with Crippen molar-refractivity contribution in [2.24, 2.45) is 0 Å². The lowest BCUT2D eigenvalue weighted by Crippen LogP contribution is -2.38. The molecular weight excluding hydrogens is 374 g/mol. The molecule has 1 aliphatic rings. The normalized spacial score (nSPS) is 15.6. The second-order valence-corrected chi connectivity index (χ2v) is 9.45. The summed E-state index contributed by atoms with van der Waals surface area (Å²) < 4.78 is 33.1. The Morgan fingerprint density at radius 2 is 1.61 bits per heavy atom. The van der Waals surface area contributed by atoms with Gasteiger partial charge in [-0.3, -0.25) is 0 Å². The van der Waals surface area contributed by atoms with Gasteiger partial charge in [0.2, 0.25) is 10.0 Å². The van der Waals surface area contributed by atoms with E-state index in [9.17, 15) is 13.2 Å². The number of aryl methyl sites for hydroxylation is 2. The minimum atomic E-state index is -3.66. The summed E-state index contributed by atoms with van der Waals surface area (Å²) in [6.07, 6.45) is 5.01. The number of sulfonamides is 1. The zero-order valence-corrected chi connectivity index (χ0v) is 17.5. The predicted molar refractivity (Wildman–Crippen MR) is 109 cm³/mol. The van der Waals surface area contributed by atoms with Gasteiger partial charge in [-0.05, 0) is 56.0 Å². The van der Waals surface area contributed by atoms with E-state index in [2.05, 4.69) is 0 Å². The molecule has 0 N–H and O–H groups in total. The van der Waals surface area contributed by atoms with Gasteiger partial charge in [0.15, 0.2) is 0 Å². The molecule has 0 unspecified atom stereocenters. The third kappa shape index (κ3) is 4.28. The summed E-state index contributed by atoms with van der Waals surface area (Å²) in [5.74, 6) is -0.0464. The van der Waals surface area contributed by atoms with Crippen LogP contribution in [-0.4, -0.2) is 31.8 Å². The van der Waals surface area contributed by atoms with Gasteiger partial charge in [-0.25, -0.2) is 13.2 Å². The van der Waals surface area contributed by atoms with E-state index < -0.39 is 16.0 Å². The van der Waals surface area contributed by atoms with Gasteiger partial charge in [0.05, 0.1) is 10.5 Å². The molecule has 0 bridgehead atoms. The first-order chi connectivity index (χ1) is 13.3. The number of esters is 1. The molecule has 0 atom stereocenters. The van der Waals surface area contributed by atoms with Crippen molar-refractivity contribution in [3.05, 3.63) is 59.2 Å². The molecule has 0 heterocycles. The summed E-state index contributed by atoms with van der Waals surface area (Å²) >= 11 is 0. The highest BCUT2D eigenvalue weighted by molar-refractivity contribution is 7.89. The summed E-state index contributed by atoms with van der Waals surface area (Å²) in [4.78, 5) is 12.8. The second-order valence-electron chi connectivity index (χ2n) is 7.45. The average molecular weight is 402 g/mol. The van der Waals surface area contributed by atoms with Crippen LogP contribution >= 0.6 is 0 Å². The quantitative estimate of drug-likeness (QED) is 0.547.